The third-order valence-electron chi connectivity index (χ3n) is 4.33. The molecule has 1 heterocycles. The van der Waals surface area contributed by atoms with Crippen molar-refractivity contribution in [1.82, 2.24) is 10.2 Å². The maximum absolute atomic E-state index is 12.2. The number of piperidine rings is 1. The van der Waals surface area contributed by atoms with E-state index in [9.17, 15) is 14.4 Å². The second-order valence-electron chi connectivity index (χ2n) is 6.31. The highest BCUT2D eigenvalue weighted by atomic mass is 16.5. The van der Waals surface area contributed by atoms with Crippen LogP contribution in [0.15, 0.2) is 24.3 Å². The molecule has 2 amide bonds. The van der Waals surface area contributed by atoms with E-state index in [0.717, 1.165) is 18.4 Å². The predicted octanol–water partition coefficient (Wildman–Crippen LogP) is 2.55. The van der Waals surface area contributed by atoms with Crippen molar-refractivity contribution in [2.45, 2.75) is 33.1 Å². The molecule has 1 atom stereocenters. The van der Waals surface area contributed by atoms with Gasteiger partial charge >= 0.3 is 12.0 Å². The van der Waals surface area contributed by atoms with Gasteiger partial charge in [-0.25, -0.2) is 4.79 Å². The number of nitrogens with one attached hydrogen (secondary N) is 1. The van der Waals surface area contributed by atoms with Gasteiger partial charge in [-0.05, 0) is 26.7 Å². The van der Waals surface area contributed by atoms with E-state index >= 15 is 0 Å². The van der Waals surface area contributed by atoms with Crippen LogP contribution in [0.5, 0.6) is 0 Å². The SMILES string of the molecule is CCOC(=O)C1CCCN(C(=O)NCCC(=O)c2ccc(C)cc2)C1. The third kappa shape index (κ3) is 5.59. The lowest BCUT2D eigenvalue weighted by molar-refractivity contribution is -0.149. The molecule has 0 aliphatic carbocycles. The molecule has 1 aromatic rings. The first kappa shape index (κ1) is 19.0. The molecule has 1 unspecified atom stereocenters. The third-order valence-corrected chi connectivity index (χ3v) is 4.33. The zero-order chi connectivity index (χ0) is 18.2. The number of rotatable bonds is 6. The number of carbonyl (C=O) groups excluding carboxylic acids is 3. The van der Waals surface area contributed by atoms with Gasteiger partial charge in [0.15, 0.2) is 5.78 Å². The first-order valence-corrected chi connectivity index (χ1v) is 8.80. The fraction of sp³-hybridized carbons (Fsp3) is 0.526. The minimum Gasteiger partial charge on any atom is -0.466 e. The van der Waals surface area contributed by atoms with Gasteiger partial charge in [-0.1, -0.05) is 29.8 Å². The van der Waals surface area contributed by atoms with Gasteiger partial charge in [-0.3, -0.25) is 9.59 Å². The van der Waals surface area contributed by atoms with Gasteiger partial charge in [0.05, 0.1) is 12.5 Å². The largest absolute Gasteiger partial charge is 0.466 e. The summed E-state index contributed by atoms with van der Waals surface area (Å²) < 4.78 is 5.04. The number of Topliss-reactive ketones (excluding diaryl/α,β-unsaturated/α-hetero) is 1. The van der Waals surface area contributed by atoms with E-state index in [0.29, 0.717) is 25.3 Å². The molecule has 1 fully saturated rings. The molecule has 6 heteroatoms. The molecule has 0 bridgehead atoms. The van der Waals surface area contributed by atoms with Gasteiger partial charge in [0.1, 0.15) is 0 Å². The second kappa shape index (κ2) is 9.20. The monoisotopic (exact) mass is 346 g/mol. The Labute approximate surface area is 148 Å². The number of aryl methyl sites for hydroxylation is 1. The van der Waals surface area contributed by atoms with Crippen LogP contribution in [0, 0.1) is 12.8 Å². The van der Waals surface area contributed by atoms with E-state index in [2.05, 4.69) is 5.32 Å². The van der Waals surface area contributed by atoms with Gasteiger partial charge < -0.3 is 15.0 Å². The number of nitrogens with zero attached hydrogens (tertiary/aromatic N) is 1. The second-order valence-corrected chi connectivity index (χ2v) is 6.31. The molecule has 6 nitrogen and oxygen atoms in total. The quantitative estimate of drug-likeness (QED) is 0.634. The van der Waals surface area contributed by atoms with Crippen molar-refractivity contribution >= 4 is 17.8 Å². The highest BCUT2D eigenvalue weighted by molar-refractivity contribution is 5.96. The average Bonchev–Trinajstić information content (AvgIpc) is 2.62. The zero-order valence-corrected chi connectivity index (χ0v) is 14.9. The van der Waals surface area contributed by atoms with Crippen molar-refractivity contribution in [2.24, 2.45) is 5.92 Å². The Morgan fingerprint density at radius 1 is 1.24 bits per heavy atom. The summed E-state index contributed by atoms with van der Waals surface area (Å²) in [5, 5.41) is 2.77. The molecule has 1 aliphatic heterocycles. The summed E-state index contributed by atoms with van der Waals surface area (Å²) in [7, 11) is 0. The van der Waals surface area contributed by atoms with Crippen LogP contribution in [0.4, 0.5) is 4.79 Å². The average molecular weight is 346 g/mol. The summed E-state index contributed by atoms with van der Waals surface area (Å²) in [6.45, 7) is 5.37. The number of ether oxygens (including phenoxy) is 1. The van der Waals surface area contributed by atoms with E-state index in [1.807, 2.05) is 19.1 Å². The Hall–Kier alpha value is -2.37. The lowest BCUT2D eigenvalue weighted by Gasteiger charge is -2.31. The number of likely N-dealkylation sites (tertiary alicyclic amines) is 1. The number of hydrogen-bond donors (Lipinski definition) is 1. The van der Waals surface area contributed by atoms with Crippen LogP contribution < -0.4 is 5.32 Å². The van der Waals surface area contributed by atoms with Crippen LogP contribution in [0.1, 0.15) is 42.1 Å². The summed E-state index contributed by atoms with van der Waals surface area (Å²) >= 11 is 0. The maximum atomic E-state index is 12.2. The summed E-state index contributed by atoms with van der Waals surface area (Å²) in [6, 6.07) is 7.16. The number of ketones is 1. The molecule has 136 valence electrons. The molecule has 1 aromatic carbocycles. The predicted molar refractivity (Wildman–Crippen MR) is 94.5 cm³/mol. The molecular formula is C19H26N2O4. The first-order chi connectivity index (χ1) is 12.0. The molecule has 0 saturated carbocycles. The fourth-order valence-corrected chi connectivity index (χ4v) is 2.89. The minimum atomic E-state index is -0.256. The molecule has 1 saturated heterocycles. The lowest BCUT2D eigenvalue weighted by atomic mass is 9.98. The fourth-order valence-electron chi connectivity index (χ4n) is 2.89. The molecule has 25 heavy (non-hydrogen) atoms. The van der Waals surface area contributed by atoms with Crippen molar-refractivity contribution in [3.05, 3.63) is 35.4 Å². The van der Waals surface area contributed by atoms with E-state index < -0.39 is 0 Å². The summed E-state index contributed by atoms with van der Waals surface area (Å²) in [5.74, 6) is -0.494. The van der Waals surface area contributed by atoms with Crippen LogP contribution in [-0.4, -0.2) is 48.9 Å². The summed E-state index contributed by atoms with van der Waals surface area (Å²) in [4.78, 5) is 37.8. The van der Waals surface area contributed by atoms with Gasteiger partial charge in [0.25, 0.3) is 0 Å². The van der Waals surface area contributed by atoms with Crippen LogP contribution in [0.2, 0.25) is 0 Å². The minimum absolute atomic E-state index is 0.00310. The first-order valence-electron chi connectivity index (χ1n) is 8.80. The van der Waals surface area contributed by atoms with E-state index in [4.69, 9.17) is 4.74 Å². The van der Waals surface area contributed by atoms with Gasteiger partial charge in [-0.2, -0.15) is 0 Å². The molecule has 0 aromatic heterocycles. The molecule has 0 radical (unpaired) electrons. The normalized spacial score (nSPS) is 17.0. The molecule has 1 N–H and O–H groups in total. The Morgan fingerprint density at radius 3 is 2.64 bits per heavy atom. The number of benzene rings is 1. The van der Waals surface area contributed by atoms with Crippen molar-refractivity contribution < 1.29 is 19.1 Å². The standard InChI is InChI=1S/C19H26N2O4/c1-3-25-18(23)16-5-4-12-21(13-16)19(24)20-11-10-17(22)15-8-6-14(2)7-9-15/h6-9,16H,3-5,10-13H2,1-2H3,(H,20,24). The van der Waals surface area contributed by atoms with Crippen molar-refractivity contribution in [3.63, 3.8) is 0 Å². The number of urea groups is 1. The van der Waals surface area contributed by atoms with Crippen molar-refractivity contribution in [1.29, 1.82) is 0 Å². The Balaban J connectivity index is 1.76. The van der Waals surface area contributed by atoms with Crippen LogP contribution in [0.3, 0.4) is 0 Å². The van der Waals surface area contributed by atoms with Gasteiger partial charge in [-0.15, -0.1) is 0 Å². The Bertz CT molecular complexity index is 612. The van der Waals surface area contributed by atoms with E-state index in [1.54, 1.807) is 24.0 Å². The number of carbonyl (C=O) groups is 3. The topological polar surface area (TPSA) is 75.7 Å². The molecular weight excluding hydrogens is 320 g/mol. The number of amides is 2. The van der Waals surface area contributed by atoms with E-state index in [1.165, 1.54) is 0 Å². The maximum Gasteiger partial charge on any atom is 0.317 e. The van der Waals surface area contributed by atoms with Crippen LogP contribution >= 0.6 is 0 Å². The smallest absolute Gasteiger partial charge is 0.317 e. The molecule has 1 aliphatic rings. The van der Waals surface area contributed by atoms with Gasteiger partial charge in [0.2, 0.25) is 0 Å². The van der Waals surface area contributed by atoms with Crippen molar-refractivity contribution in [3.8, 4) is 0 Å². The summed E-state index contributed by atoms with van der Waals surface area (Å²) in [6.07, 6.45) is 1.78. The summed E-state index contributed by atoms with van der Waals surface area (Å²) in [5.41, 5.74) is 1.76. The van der Waals surface area contributed by atoms with Crippen LogP contribution in [0.25, 0.3) is 0 Å². The number of hydrogen-bond acceptors (Lipinski definition) is 4. The Kier molecular flexibility index (Phi) is 6.98. The molecule has 0 spiro atoms. The van der Waals surface area contributed by atoms with Crippen LogP contribution in [-0.2, 0) is 9.53 Å². The molecule has 2 rings (SSSR count). The highest BCUT2D eigenvalue weighted by Gasteiger charge is 2.29. The zero-order valence-electron chi connectivity index (χ0n) is 14.9. The van der Waals surface area contributed by atoms with E-state index in [-0.39, 0.29) is 36.7 Å². The number of esters is 1. The van der Waals surface area contributed by atoms with Gasteiger partial charge in [0, 0.05) is 31.6 Å². The Morgan fingerprint density at radius 2 is 1.96 bits per heavy atom. The highest BCUT2D eigenvalue weighted by Crippen LogP contribution is 2.18. The van der Waals surface area contributed by atoms with Crippen molar-refractivity contribution in [2.75, 3.05) is 26.2 Å². The lowest BCUT2D eigenvalue weighted by Crippen LogP contribution is -2.47.